The monoisotopic (exact) mass is 359 g/mol. The third-order valence-corrected chi connectivity index (χ3v) is 5.93. The molecule has 1 aliphatic carbocycles. The summed E-state index contributed by atoms with van der Waals surface area (Å²) in [5, 5.41) is 3.05. The normalized spacial score (nSPS) is 22.7. The zero-order valence-electron chi connectivity index (χ0n) is 14.1. The van der Waals surface area contributed by atoms with Crippen LogP contribution in [0.3, 0.4) is 0 Å². The number of anilines is 1. The fourth-order valence-electron chi connectivity index (χ4n) is 3.50. The molecule has 132 valence electrons. The number of amides is 1. The molecule has 1 saturated carbocycles. The average molecular weight is 359 g/mol. The van der Waals surface area contributed by atoms with Crippen LogP contribution in [-0.2, 0) is 0 Å². The van der Waals surface area contributed by atoms with Gasteiger partial charge >= 0.3 is 0 Å². The van der Waals surface area contributed by atoms with E-state index in [1.54, 1.807) is 11.6 Å². The molecule has 0 unspecified atom stereocenters. The van der Waals surface area contributed by atoms with Gasteiger partial charge in [0.05, 0.1) is 16.9 Å². The van der Waals surface area contributed by atoms with Gasteiger partial charge in [-0.3, -0.25) is 14.6 Å². The molecule has 2 aromatic heterocycles. The zero-order chi connectivity index (χ0) is 17.4. The minimum absolute atomic E-state index is 0.0555. The molecule has 0 aromatic carbocycles. The van der Waals surface area contributed by atoms with Gasteiger partial charge in [0.15, 0.2) is 0 Å². The Morgan fingerprint density at radius 2 is 2.12 bits per heavy atom. The number of nitrogens with zero attached hydrogens (tertiary/aromatic N) is 3. The highest BCUT2D eigenvalue weighted by Crippen LogP contribution is 2.36. The highest BCUT2D eigenvalue weighted by Gasteiger charge is 2.33. The molecule has 1 aliphatic heterocycles. The van der Waals surface area contributed by atoms with Crippen molar-refractivity contribution in [2.45, 2.75) is 44.6 Å². The summed E-state index contributed by atoms with van der Waals surface area (Å²) in [7, 11) is 0. The van der Waals surface area contributed by atoms with E-state index in [2.05, 4.69) is 25.2 Å². The predicted molar refractivity (Wildman–Crippen MR) is 96.4 cm³/mol. The number of hydrogen-bond donors (Lipinski definition) is 2. The molecule has 0 radical (unpaired) electrons. The van der Waals surface area contributed by atoms with E-state index in [1.165, 1.54) is 11.3 Å². The van der Waals surface area contributed by atoms with E-state index in [9.17, 15) is 9.59 Å². The smallest absolute Gasteiger partial charge is 0.263 e. The van der Waals surface area contributed by atoms with Gasteiger partial charge < -0.3 is 10.2 Å². The van der Waals surface area contributed by atoms with E-state index in [0.29, 0.717) is 10.8 Å². The van der Waals surface area contributed by atoms with Crippen molar-refractivity contribution < 1.29 is 4.79 Å². The zero-order valence-corrected chi connectivity index (χ0v) is 14.9. The summed E-state index contributed by atoms with van der Waals surface area (Å²) >= 11 is 1.36. The highest BCUT2D eigenvalue weighted by atomic mass is 32.1. The van der Waals surface area contributed by atoms with Gasteiger partial charge in [-0.05, 0) is 32.6 Å². The lowest BCUT2D eigenvalue weighted by molar-refractivity contribution is 0.0911. The molecule has 1 amide bonds. The van der Waals surface area contributed by atoms with Gasteiger partial charge in [0.2, 0.25) is 5.95 Å². The molecule has 2 aliphatic rings. The van der Waals surface area contributed by atoms with Crippen molar-refractivity contribution in [1.82, 2.24) is 20.3 Å². The average Bonchev–Trinajstić information content (AvgIpc) is 3.20. The Hall–Kier alpha value is -2.22. The van der Waals surface area contributed by atoms with E-state index in [1.807, 2.05) is 6.92 Å². The van der Waals surface area contributed by atoms with Crippen LogP contribution in [0, 0.1) is 6.92 Å². The number of thiazole rings is 1. The lowest BCUT2D eigenvalue weighted by Crippen LogP contribution is -2.43. The fourth-order valence-corrected chi connectivity index (χ4v) is 4.20. The molecule has 7 nitrogen and oxygen atoms in total. The summed E-state index contributed by atoms with van der Waals surface area (Å²) in [6, 6.07) is 1.73. The summed E-state index contributed by atoms with van der Waals surface area (Å²) < 4.78 is 0. The summed E-state index contributed by atoms with van der Waals surface area (Å²) in [5.41, 5.74) is 3.20. The van der Waals surface area contributed by atoms with Gasteiger partial charge in [0, 0.05) is 31.1 Å². The minimum atomic E-state index is -0.0975. The van der Waals surface area contributed by atoms with Crippen LogP contribution in [-0.4, -0.2) is 40.0 Å². The number of aryl methyl sites for hydroxylation is 1. The van der Waals surface area contributed by atoms with Gasteiger partial charge in [-0.25, -0.2) is 9.97 Å². The summed E-state index contributed by atoms with van der Waals surface area (Å²) in [6.07, 6.45) is 3.92. The number of hydrogen-bond acceptors (Lipinski definition) is 6. The van der Waals surface area contributed by atoms with Crippen LogP contribution in [0.25, 0.3) is 0 Å². The van der Waals surface area contributed by atoms with E-state index >= 15 is 0 Å². The number of aromatic nitrogens is 3. The molecule has 8 heteroatoms. The minimum Gasteiger partial charge on any atom is -0.349 e. The molecule has 2 N–H and O–H groups in total. The Bertz CT molecular complexity index is 834. The molecule has 25 heavy (non-hydrogen) atoms. The first-order chi connectivity index (χ1) is 12.1. The summed E-state index contributed by atoms with van der Waals surface area (Å²) in [6.45, 7) is 3.74. The second-order valence-electron chi connectivity index (χ2n) is 6.79. The van der Waals surface area contributed by atoms with Crippen molar-refractivity contribution in [1.29, 1.82) is 0 Å². The van der Waals surface area contributed by atoms with Gasteiger partial charge in [0.1, 0.15) is 4.88 Å². The molecule has 0 spiro atoms. The van der Waals surface area contributed by atoms with E-state index < -0.39 is 0 Å². The summed E-state index contributed by atoms with van der Waals surface area (Å²) in [4.78, 5) is 38.6. The Morgan fingerprint density at radius 1 is 1.36 bits per heavy atom. The van der Waals surface area contributed by atoms with Crippen molar-refractivity contribution in [3.8, 4) is 0 Å². The number of aromatic amines is 1. The van der Waals surface area contributed by atoms with Crippen LogP contribution in [0.2, 0.25) is 0 Å². The lowest BCUT2D eigenvalue weighted by atomic mass is 9.78. The van der Waals surface area contributed by atoms with Crippen LogP contribution in [0.15, 0.2) is 16.4 Å². The Labute approximate surface area is 149 Å². The second-order valence-corrected chi connectivity index (χ2v) is 7.65. The maximum Gasteiger partial charge on any atom is 0.263 e. The van der Waals surface area contributed by atoms with Crippen LogP contribution in [0.4, 0.5) is 5.95 Å². The number of H-pyrrole nitrogens is 1. The van der Waals surface area contributed by atoms with Crippen molar-refractivity contribution in [2.75, 3.05) is 18.0 Å². The predicted octanol–water partition coefficient (Wildman–Crippen LogP) is 1.81. The van der Waals surface area contributed by atoms with Gasteiger partial charge in [-0.15, -0.1) is 11.3 Å². The molecule has 2 aromatic rings. The van der Waals surface area contributed by atoms with Gasteiger partial charge in [0.25, 0.3) is 11.5 Å². The SMILES string of the molecule is Cc1ncsc1C(=O)NC1CC(c2cc(=O)[nH]c(N3CCCC3)n2)C1. The molecular formula is C17H21N5O2S. The standard InChI is InChI=1S/C17H21N5O2S/c1-10-15(25-9-18-10)16(24)19-12-6-11(7-12)13-8-14(23)21-17(20-13)22-4-2-3-5-22/h8-9,11-12H,2-7H2,1H3,(H,19,24)(H,20,21,23). The first-order valence-corrected chi connectivity index (χ1v) is 9.55. The molecule has 2 fully saturated rings. The number of carbonyl (C=O) groups is 1. The molecule has 4 rings (SSSR count). The molecule has 0 atom stereocenters. The molecule has 0 bridgehead atoms. The quantitative estimate of drug-likeness (QED) is 0.869. The number of nitrogens with one attached hydrogen (secondary N) is 2. The van der Waals surface area contributed by atoms with Crippen molar-refractivity contribution in [3.05, 3.63) is 38.2 Å². The highest BCUT2D eigenvalue weighted by molar-refractivity contribution is 7.11. The maximum absolute atomic E-state index is 12.2. The van der Waals surface area contributed by atoms with Gasteiger partial charge in [-0.1, -0.05) is 0 Å². The van der Waals surface area contributed by atoms with Crippen LogP contribution in [0.5, 0.6) is 0 Å². The third-order valence-electron chi connectivity index (χ3n) is 5.00. The van der Waals surface area contributed by atoms with Crippen molar-refractivity contribution in [2.24, 2.45) is 0 Å². The largest absolute Gasteiger partial charge is 0.349 e. The third kappa shape index (κ3) is 3.30. The Kier molecular flexibility index (Phi) is 4.29. The lowest BCUT2D eigenvalue weighted by Gasteiger charge is -2.35. The van der Waals surface area contributed by atoms with Crippen LogP contribution >= 0.6 is 11.3 Å². The number of rotatable bonds is 4. The fraction of sp³-hybridized carbons (Fsp3) is 0.529. The van der Waals surface area contributed by atoms with E-state index in [0.717, 1.165) is 50.2 Å². The van der Waals surface area contributed by atoms with E-state index in [-0.39, 0.29) is 23.4 Å². The first-order valence-electron chi connectivity index (χ1n) is 8.67. The van der Waals surface area contributed by atoms with Crippen molar-refractivity contribution in [3.63, 3.8) is 0 Å². The number of carbonyl (C=O) groups excluding carboxylic acids is 1. The van der Waals surface area contributed by atoms with Crippen molar-refractivity contribution >= 4 is 23.2 Å². The first kappa shape index (κ1) is 16.3. The van der Waals surface area contributed by atoms with E-state index in [4.69, 9.17) is 0 Å². The molecular weight excluding hydrogens is 338 g/mol. The topological polar surface area (TPSA) is 91.0 Å². The van der Waals surface area contributed by atoms with Crippen LogP contribution < -0.4 is 15.8 Å². The molecule has 3 heterocycles. The summed E-state index contributed by atoms with van der Waals surface area (Å²) in [5.74, 6) is 0.865. The molecule has 1 saturated heterocycles. The maximum atomic E-state index is 12.2. The van der Waals surface area contributed by atoms with Crippen LogP contribution in [0.1, 0.15) is 52.7 Å². The Morgan fingerprint density at radius 3 is 2.80 bits per heavy atom. The Balaban J connectivity index is 1.39. The van der Waals surface area contributed by atoms with Gasteiger partial charge in [-0.2, -0.15) is 0 Å². The second kappa shape index (κ2) is 6.59.